The molecular formula is C40H53N3O5S. The average molecular weight is 688 g/mol. The lowest BCUT2D eigenvalue weighted by molar-refractivity contribution is -0.122. The van der Waals surface area contributed by atoms with Gasteiger partial charge in [-0.2, -0.15) is 0 Å². The molecule has 0 bridgehead atoms. The van der Waals surface area contributed by atoms with Crippen LogP contribution in [0, 0.1) is 12.8 Å². The maximum absolute atomic E-state index is 13.1. The predicted molar refractivity (Wildman–Crippen MR) is 205 cm³/mol. The van der Waals surface area contributed by atoms with Gasteiger partial charge in [0.25, 0.3) is 0 Å². The number of likely N-dealkylation sites (N-methyl/N-ethyl adjacent to an activating group) is 1. The molecule has 1 rings (SSSR count). The number of methoxy groups -OCH3 is 1. The number of aldehydes is 1. The molecule has 0 spiro atoms. The second kappa shape index (κ2) is 23.5. The van der Waals surface area contributed by atoms with Gasteiger partial charge in [0.1, 0.15) is 22.3 Å². The molecule has 0 aliphatic carbocycles. The Balaban J connectivity index is 3.38. The molecule has 0 fully saturated rings. The summed E-state index contributed by atoms with van der Waals surface area (Å²) in [7, 11) is 3.44. The first-order valence-corrected chi connectivity index (χ1v) is 17.0. The van der Waals surface area contributed by atoms with Gasteiger partial charge >= 0.3 is 0 Å². The van der Waals surface area contributed by atoms with Gasteiger partial charge in [-0.25, -0.2) is 0 Å². The molecule has 1 aromatic carbocycles. The number of ether oxygens (including phenoxy) is 2. The number of nitrogens with one attached hydrogen (secondary N) is 1. The summed E-state index contributed by atoms with van der Waals surface area (Å²) in [6, 6.07) is 5.55. The molecule has 0 aromatic heterocycles. The Hall–Kier alpha value is -4.76. The van der Waals surface area contributed by atoms with Crippen LogP contribution in [0.25, 0.3) is 0 Å². The number of hydrogen-bond acceptors (Lipinski definition) is 7. The topological polar surface area (TPSA) is 111 Å². The van der Waals surface area contributed by atoms with Crippen molar-refractivity contribution in [2.24, 2.45) is 11.7 Å². The number of nitrogens with two attached hydrogens (primary N) is 1. The van der Waals surface area contributed by atoms with Gasteiger partial charge in [-0.1, -0.05) is 86.0 Å². The molecule has 0 heterocycles. The third-order valence-corrected chi connectivity index (χ3v) is 8.49. The quantitative estimate of drug-likeness (QED) is 0.0455. The summed E-state index contributed by atoms with van der Waals surface area (Å²) in [4.78, 5) is 39.4. The standard InChI is InChI=1S/C40H53N3O5S/c1-10-14-16-17-18-29(5)28-48-34(12-3)25-30(6)35(13-4)40(43(8)23-22-33(39(41)46)19-15-11-2)49-38(27-44)42-37(45)26-32-20-21-36(47-9)31(7)24-32/h10-25,27,29,38,40H,1,26,28H2,2-9H3,(H2,41,46)(H,42,45)/b15-11-,16-14-,18-17-,23-22+,30-25-,33-19+,34-12+,35-13+. The van der Waals surface area contributed by atoms with E-state index in [0.29, 0.717) is 17.9 Å². The fraction of sp³-hybridized carbons (Fsp3) is 0.325. The van der Waals surface area contributed by atoms with E-state index in [1.165, 1.54) is 11.8 Å². The number of rotatable bonds is 21. The first-order chi connectivity index (χ1) is 23.4. The van der Waals surface area contributed by atoms with E-state index in [9.17, 15) is 14.4 Å². The first kappa shape index (κ1) is 42.3. The molecule has 0 aliphatic heterocycles. The van der Waals surface area contributed by atoms with E-state index in [0.717, 1.165) is 34.3 Å². The molecule has 0 saturated heterocycles. The van der Waals surface area contributed by atoms with Crippen LogP contribution in [-0.2, 0) is 25.5 Å². The molecule has 3 unspecified atom stereocenters. The Bertz CT molecular complexity index is 1510. The molecule has 0 aliphatic rings. The zero-order valence-electron chi connectivity index (χ0n) is 30.1. The average Bonchev–Trinajstić information content (AvgIpc) is 3.07. The normalized spacial score (nSPS) is 15.1. The third-order valence-electron chi connectivity index (χ3n) is 7.12. The van der Waals surface area contributed by atoms with Gasteiger partial charge in [0, 0.05) is 24.7 Å². The predicted octanol–water partition coefficient (Wildman–Crippen LogP) is 7.43. The number of primary amides is 1. The van der Waals surface area contributed by atoms with Gasteiger partial charge in [-0.05, 0) is 87.3 Å². The molecule has 0 saturated carbocycles. The molecular weight excluding hydrogens is 635 g/mol. The molecule has 49 heavy (non-hydrogen) atoms. The van der Waals surface area contributed by atoms with Crippen molar-refractivity contribution in [1.82, 2.24) is 10.2 Å². The van der Waals surface area contributed by atoms with Crippen LogP contribution in [0.3, 0.4) is 0 Å². The highest BCUT2D eigenvalue weighted by Gasteiger charge is 2.25. The molecule has 264 valence electrons. The van der Waals surface area contributed by atoms with Gasteiger partial charge in [-0.15, -0.1) is 0 Å². The van der Waals surface area contributed by atoms with Crippen LogP contribution < -0.4 is 15.8 Å². The van der Waals surface area contributed by atoms with Gasteiger partial charge in [0.2, 0.25) is 11.8 Å². The van der Waals surface area contributed by atoms with Crippen molar-refractivity contribution in [3.63, 3.8) is 0 Å². The number of amides is 2. The number of benzene rings is 1. The van der Waals surface area contributed by atoms with Crippen molar-refractivity contribution >= 4 is 29.9 Å². The van der Waals surface area contributed by atoms with Gasteiger partial charge in [0.05, 0.1) is 20.1 Å². The fourth-order valence-electron chi connectivity index (χ4n) is 4.52. The number of thioether (sulfide) groups is 1. The molecule has 1 aromatic rings. The summed E-state index contributed by atoms with van der Waals surface area (Å²) >= 11 is 1.26. The van der Waals surface area contributed by atoms with Crippen LogP contribution in [0.1, 0.15) is 45.7 Å². The second-order valence-corrected chi connectivity index (χ2v) is 12.4. The van der Waals surface area contributed by atoms with E-state index < -0.39 is 16.7 Å². The Labute approximate surface area is 297 Å². The zero-order chi connectivity index (χ0) is 36.8. The minimum absolute atomic E-state index is 0.101. The number of allylic oxidation sites excluding steroid dienone is 10. The first-order valence-electron chi connectivity index (χ1n) is 16.1. The summed E-state index contributed by atoms with van der Waals surface area (Å²) in [5, 5.41) is 1.54. The molecule has 2 amide bonds. The minimum Gasteiger partial charge on any atom is -0.496 e. The lowest BCUT2D eigenvalue weighted by atomic mass is 10.1. The van der Waals surface area contributed by atoms with E-state index in [1.807, 2.05) is 101 Å². The highest BCUT2D eigenvalue weighted by Crippen LogP contribution is 2.31. The smallest absolute Gasteiger partial charge is 0.248 e. The van der Waals surface area contributed by atoms with Crippen LogP contribution >= 0.6 is 11.8 Å². The van der Waals surface area contributed by atoms with E-state index in [2.05, 4.69) is 24.9 Å². The van der Waals surface area contributed by atoms with Crippen molar-refractivity contribution in [3.8, 4) is 5.75 Å². The van der Waals surface area contributed by atoms with Crippen LogP contribution in [0.15, 0.2) is 126 Å². The summed E-state index contributed by atoms with van der Waals surface area (Å²) in [6.07, 6.45) is 24.7. The SMILES string of the molecule is C=C/C=C\C=C/C(C)COC(/C=C(C)\C(=C/C)C(SC(C=O)NC(=O)Cc1ccc(OC)c(C)c1)N(C)/C=C/C(=C\C=C/C)C(N)=O)=C/C. The number of aryl methyl sites for hydroxylation is 1. The molecule has 8 nitrogen and oxygen atoms in total. The lowest BCUT2D eigenvalue weighted by Crippen LogP contribution is -2.39. The van der Waals surface area contributed by atoms with Gasteiger partial charge in [-0.3, -0.25) is 9.59 Å². The van der Waals surface area contributed by atoms with Gasteiger partial charge < -0.3 is 30.2 Å². The van der Waals surface area contributed by atoms with Crippen molar-refractivity contribution in [1.29, 1.82) is 0 Å². The molecule has 3 N–H and O–H groups in total. The van der Waals surface area contributed by atoms with Crippen molar-refractivity contribution in [2.45, 2.75) is 58.7 Å². The Morgan fingerprint density at radius 1 is 1.12 bits per heavy atom. The maximum Gasteiger partial charge on any atom is 0.248 e. The summed E-state index contributed by atoms with van der Waals surface area (Å²) in [5.41, 5.74) is 9.42. The lowest BCUT2D eigenvalue weighted by Gasteiger charge is -2.31. The number of carbonyl (C=O) groups is 3. The van der Waals surface area contributed by atoms with Crippen molar-refractivity contribution in [2.75, 3.05) is 20.8 Å². The number of carbonyl (C=O) groups excluding carboxylic acids is 3. The van der Waals surface area contributed by atoms with E-state index in [4.69, 9.17) is 15.2 Å². The highest BCUT2D eigenvalue weighted by atomic mass is 32.2. The second-order valence-electron chi connectivity index (χ2n) is 11.1. The largest absolute Gasteiger partial charge is 0.496 e. The Kier molecular flexibility index (Phi) is 20.3. The Morgan fingerprint density at radius 3 is 2.43 bits per heavy atom. The van der Waals surface area contributed by atoms with E-state index >= 15 is 0 Å². The van der Waals surface area contributed by atoms with Crippen LogP contribution in [0.5, 0.6) is 5.75 Å². The summed E-state index contributed by atoms with van der Waals surface area (Å²) < 4.78 is 11.5. The Morgan fingerprint density at radius 2 is 1.86 bits per heavy atom. The molecule has 9 heteroatoms. The monoisotopic (exact) mass is 687 g/mol. The van der Waals surface area contributed by atoms with Crippen LogP contribution in [0.4, 0.5) is 0 Å². The third kappa shape index (κ3) is 15.8. The van der Waals surface area contributed by atoms with Crippen molar-refractivity contribution in [3.05, 3.63) is 137 Å². The van der Waals surface area contributed by atoms with Gasteiger partial charge in [0.15, 0.2) is 6.29 Å². The zero-order valence-corrected chi connectivity index (χ0v) is 31.0. The number of nitrogens with zero attached hydrogens (tertiary/aromatic N) is 1. The van der Waals surface area contributed by atoms with E-state index in [-0.39, 0.29) is 18.2 Å². The molecule has 0 radical (unpaired) electrons. The summed E-state index contributed by atoms with van der Waals surface area (Å²) in [6.45, 7) is 15.8. The van der Waals surface area contributed by atoms with Crippen LogP contribution in [0.2, 0.25) is 0 Å². The minimum atomic E-state index is -0.871. The van der Waals surface area contributed by atoms with Crippen molar-refractivity contribution < 1.29 is 23.9 Å². The fourth-order valence-corrected chi connectivity index (χ4v) is 5.79. The van der Waals surface area contributed by atoms with Crippen LogP contribution in [-0.4, -0.2) is 54.5 Å². The molecule has 3 atom stereocenters. The highest BCUT2D eigenvalue weighted by molar-refractivity contribution is 8.01. The van der Waals surface area contributed by atoms with E-state index in [1.54, 1.807) is 43.7 Å². The number of hydrogen-bond donors (Lipinski definition) is 2. The maximum atomic E-state index is 13.1. The summed E-state index contributed by atoms with van der Waals surface area (Å²) in [5.74, 6) is 0.741.